The molecule has 3 fully saturated rings. The van der Waals surface area contributed by atoms with E-state index in [-0.39, 0.29) is 11.6 Å². The van der Waals surface area contributed by atoms with Crippen molar-refractivity contribution in [2.45, 2.75) is 0 Å². The maximum Gasteiger partial charge on any atom is 0.216 e. The fourth-order valence-corrected chi connectivity index (χ4v) is 3.00. The Bertz CT molecular complexity index is 436. The summed E-state index contributed by atoms with van der Waals surface area (Å²) in [4.78, 5) is 14.7. The van der Waals surface area contributed by atoms with Crippen LogP contribution in [-0.4, -0.2) is 61.0 Å². The average molecular weight is 249 g/mol. The Hall–Kier alpha value is -1.26. The Balaban J connectivity index is 1.72. The van der Waals surface area contributed by atoms with E-state index in [0.717, 1.165) is 43.8 Å². The number of Topliss-reactive ketones (excluding diaryl/α,β-unsaturated/α-hetero) is 1. The van der Waals surface area contributed by atoms with Crippen LogP contribution in [0.5, 0.6) is 0 Å². The number of rotatable bonds is 3. The van der Waals surface area contributed by atoms with E-state index < -0.39 is 0 Å². The molecule has 96 valence electrons. The Morgan fingerprint density at radius 3 is 2.22 bits per heavy atom. The van der Waals surface area contributed by atoms with Crippen LogP contribution in [0.1, 0.15) is 10.4 Å². The number of carbonyl (C=O) groups is 1. The minimum atomic E-state index is -0.287. The van der Waals surface area contributed by atoms with E-state index in [9.17, 15) is 9.18 Å². The zero-order chi connectivity index (χ0) is 12.6. The molecule has 4 heteroatoms. The summed E-state index contributed by atoms with van der Waals surface area (Å²) in [6, 6.07) is 5.91. The molecule has 0 N–H and O–H groups in total. The standard InChI is InChI=1S/C14H18FN2O/c15-13-3-1-12(2-4-13)14(18)11-17-8-5-16(6-9-17)7-10-17/h1-4H,5-11H2/q+1. The lowest BCUT2D eigenvalue weighted by molar-refractivity contribution is -0.933. The zero-order valence-corrected chi connectivity index (χ0v) is 10.4. The quantitative estimate of drug-likeness (QED) is 0.592. The maximum absolute atomic E-state index is 12.8. The first-order valence-corrected chi connectivity index (χ1v) is 6.53. The average Bonchev–Trinajstić information content (AvgIpc) is 2.41. The number of nitrogens with zero attached hydrogens (tertiary/aromatic N) is 2. The maximum atomic E-state index is 12.8. The van der Waals surface area contributed by atoms with E-state index in [1.165, 1.54) is 12.1 Å². The molecule has 2 bridgehead atoms. The van der Waals surface area contributed by atoms with E-state index >= 15 is 0 Å². The van der Waals surface area contributed by atoms with Crippen molar-refractivity contribution in [2.24, 2.45) is 0 Å². The molecule has 4 rings (SSSR count). The molecule has 0 spiro atoms. The third-order valence-corrected chi connectivity index (χ3v) is 4.32. The van der Waals surface area contributed by atoms with Gasteiger partial charge in [0.25, 0.3) is 0 Å². The predicted molar refractivity (Wildman–Crippen MR) is 66.9 cm³/mol. The number of ketones is 1. The first-order valence-electron chi connectivity index (χ1n) is 6.53. The van der Waals surface area contributed by atoms with Crippen LogP contribution in [0.2, 0.25) is 0 Å². The fraction of sp³-hybridized carbons (Fsp3) is 0.500. The third-order valence-electron chi connectivity index (χ3n) is 4.32. The largest absolute Gasteiger partial charge is 0.314 e. The molecule has 3 heterocycles. The van der Waals surface area contributed by atoms with Crippen molar-refractivity contribution in [2.75, 3.05) is 45.8 Å². The molecule has 3 aliphatic rings. The van der Waals surface area contributed by atoms with Gasteiger partial charge in [0.1, 0.15) is 12.4 Å². The van der Waals surface area contributed by atoms with E-state index in [4.69, 9.17) is 0 Å². The number of benzene rings is 1. The molecular formula is C14H18FN2O+. The minimum absolute atomic E-state index is 0.144. The number of quaternary nitrogens is 1. The molecule has 0 unspecified atom stereocenters. The van der Waals surface area contributed by atoms with Crippen molar-refractivity contribution in [3.63, 3.8) is 0 Å². The monoisotopic (exact) mass is 249 g/mol. The van der Waals surface area contributed by atoms with Crippen LogP contribution in [0, 0.1) is 5.82 Å². The highest BCUT2D eigenvalue weighted by molar-refractivity contribution is 5.96. The molecule has 18 heavy (non-hydrogen) atoms. The van der Waals surface area contributed by atoms with Gasteiger partial charge in [-0.05, 0) is 24.3 Å². The number of carbonyl (C=O) groups excluding carboxylic acids is 1. The molecule has 3 saturated heterocycles. The molecule has 1 aromatic rings. The van der Waals surface area contributed by atoms with Gasteiger partial charge in [0.05, 0.1) is 19.6 Å². The first kappa shape index (κ1) is 11.8. The highest BCUT2D eigenvalue weighted by Crippen LogP contribution is 2.20. The fourth-order valence-electron chi connectivity index (χ4n) is 3.00. The smallest absolute Gasteiger partial charge is 0.216 e. The first-order chi connectivity index (χ1) is 8.67. The number of hydrogen-bond donors (Lipinski definition) is 0. The van der Waals surface area contributed by atoms with E-state index in [1.807, 2.05) is 0 Å². The van der Waals surface area contributed by atoms with E-state index in [1.54, 1.807) is 12.1 Å². The van der Waals surface area contributed by atoms with Crippen LogP contribution >= 0.6 is 0 Å². The number of halogens is 1. The van der Waals surface area contributed by atoms with Gasteiger partial charge < -0.3 is 4.48 Å². The normalized spacial score (nSPS) is 30.4. The third kappa shape index (κ3) is 2.18. The number of fused-ring (bicyclic) bond motifs is 3. The van der Waals surface area contributed by atoms with Crippen molar-refractivity contribution >= 4 is 5.78 Å². The van der Waals surface area contributed by atoms with E-state index in [2.05, 4.69) is 4.90 Å². The summed E-state index contributed by atoms with van der Waals surface area (Å²) in [6.45, 7) is 7.12. The Morgan fingerprint density at radius 1 is 1.11 bits per heavy atom. The highest BCUT2D eigenvalue weighted by Gasteiger charge is 2.39. The Kier molecular flexibility index (Phi) is 2.92. The molecule has 0 radical (unpaired) electrons. The van der Waals surface area contributed by atoms with Crippen LogP contribution in [0.15, 0.2) is 24.3 Å². The van der Waals surface area contributed by atoms with Crippen molar-refractivity contribution in [3.8, 4) is 0 Å². The summed E-state index contributed by atoms with van der Waals surface area (Å²) in [5, 5.41) is 0. The lowest BCUT2D eigenvalue weighted by Gasteiger charge is -2.50. The van der Waals surface area contributed by atoms with Crippen LogP contribution in [-0.2, 0) is 0 Å². The summed E-state index contributed by atoms with van der Waals surface area (Å²) >= 11 is 0. The van der Waals surface area contributed by atoms with Gasteiger partial charge in [-0.15, -0.1) is 0 Å². The minimum Gasteiger partial charge on any atom is -0.314 e. The summed E-state index contributed by atoms with van der Waals surface area (Å²) in [6.07, 6.45) is 0. The molecule has 0 aromatic heterocycles. The molecular weight excluding hydrogens is 231 g/mol. The molecule has 0 atom stereocenters. The van der Waals surface area contributed by atoms with Crippen LogP contribution in [0.3, 0.4) is 0 Å². The molecule has 0 amide bonds. The second-order valence-corrected chi connectivity index (χ2v) is 5.44. The molecule has 0 saturated carbocycles. The van der Waals surface area contributed by atoms with E-state index in [0.29, 0.717) is 12.1 Å². The lowest BCUT2D eigenvalue weighted by atomic mass is 10.1. The van der Waals surface area contributed by atoms with Crippen LogP contribution in [0.25, 0.3) is 0 Å². The number of hydrogen-bond acceptors (Lipinski definition) is 2. The van der Waals surface area contributed by atoms with Gasteiger partial charge in [-0.1, -0.05) is 0 Å². The van der Waals surface area contributed by atoms with Crippen molar-refractivity contribution in [3.05, 3.63) is 35.6 Å². The van der Waals surface area contributed by atoms with Gasteiger partial charge in [-0.3, -0.25) is 9.69 Å². The van der Waals surface area contributed by atoms with Gasteiger partial charge in [-0.25, -0.2) is 4.39 Å². The molecule has 3 nitrogen and oxygen atoms in total. The van der Waals surface area contributed by atoms with Crippen molar-refractivity contribution in [1.29, 1.82) is 0 Å². The van der Waals surface area contributed by atoms with Crippen LogP contribution in [0.4, 0.5) is 4.39 Å². The SMILES string of the molecule is O=C(C[N+]12CCN(CC1)CC2)c1ccc(F)cc1. The zero-order valence-electron chi connectivity index (χ0n) is 10.4. The topological polar surface area (TPSA) is 20.3 Å². The number of piperazine rings is 3. The van der Waals surface area contributed by atoms with Crippen molar-refractivity contribution < 1.29 is 13.7 Å². The van der Waals surface area contributed by atoms with Gasteiger partial charge in [0.15, 0.2) is 0 Å². The van der Waals surface area contributed by atoms with Gasteiger partial charge in [0, 0.05) is 25.2 Å². The van der Waals surface area contributed by atoms with Crippen molar-refractivity contribution in [1.82, 2.24) is 4.90 Å². The Labute approximate surface area is 106 Å². The molecule has 3 aliphatic heterocycles. The molecule has 1 aromatic carbocycles. The summed E-state index contributed by atoms with van der Waals surface area (Å²) in [5.74, 6) is -0.143. The Morgan fingerprint density at radius 2 is 1.67 bits per heavy atom. The predicted octanol–water partition coefficient (Wildman–Crippen LogP) is 1.15. The van der Waals surface area contributed by atoms with Gasteiger partial charge in [0.2, 0.25) is 5.78 Å². The van der Waals surface area contributed by atoms with Crippen LogP contribution < -0.4 is 0 Å². The summed E-state index contributed by atoms with van der Waals surface area (Å²) < 4.78 is 13.8. The van der Waals surface area contributed by atoms with Gasteiger partial charge >= 0.3 is 0 Å². The van der Waals surface area contributed by atoms with Gasteiger partial charge in [-0.2, -0.15) is 0 Å². The summed E-state index contributed by atoms with van der Waals surface area (Å²) in [7, 11) is 0. The second kappa shape index (κ2) is 4.44. The summed E-state index contributed by atoms with van der Waals surface area (Å²) in [5.41, 5.74) is 0.636. The highest BCUT2D eigenvalue weighted by atomic mass is 19.1. The molecule has 0 aliphatic carbocycles. The lowest BCUT2D eigenvalue weighted by Crippen LogP contribution is -2.68. The second-order valence-electron chi connectivity index (χ2n) is 5.44.